The van der Waals surface area contributed by atoms with Crippen LogP contribution in [0.4, 0.5) is 0 Å². The van der Waals surface area contributed by atoms with Crippen LogP contribution in [0.1, 0.15) is 42.5 Å². The first-order chi connectivity index (χ1) is 27.0. The molecule has 0 atom stereocenters. The molecule has 12 rings (SSSR count). The summed E-state index contributed by atoms with van der Waals surface area (Å²) in [5.74, 6) is 0. The SMILES string of the molecule is CC1(C)c2ccccc2-c2ccc(-c3ccc4c5ccc(-c6ccccc6-c6ccc7oc8cc9c(cc8c7c6)CCC9)cc5c5ccccc5c4c3)cc21. The Bertz CT molecular complexity index is 3240. The van der Waals surface area contributed by atoms with E-state index in [2.05, 4.69) is 172 Å². The summed E-state index contributed by atoms with van der Waals surface area (Å²) in [6, 6.07) is 59.3. The maximum Gasteiger partial charge on any atom is 0.135 e. The lowest BCUT2D eigenvalue weighted by atomic mass is 9.81. The van der Waals surface area contributed by atoms with E-state index in [-0.39, 0.29) is 5.41 Å². The van der Waals surface area contributed by atoms with Crippen molar-refractivity contribution < 1.29 is 4.42 Å². The smallest absolute Gasteiger partial charge is 0.135 e. The number of aryl methyl sites for hydroxylation is 2. The Kier molecular flexibility index (Phi) is 6.36. The van der Waals surface area contributed by atoms with E-state index in [4.69, 9.17) is 4.42 Å². The maximum atomic E-state index is 6.38. The summed E-state index contributed by atoms with van der Waals surface area (Å²) < 4.78 is 6.38. The highest BCUT2D eigenvalue weighted by atomic mass is 16.3. The van der Waals surface area contributed by atoms with Crippen LogP contribution in [0.3, 0.4) is 0 Å². The quantitative estimate of drug-likeness (QED) is 0.167. The minimum Gasteiger partial charge on any atom is -0.456 e. The molecule has 1 heteroatoms. The fraction of sp³-hybridized carbons (Fsp3) is 0.111. The number of benzene rings is 9. The Morgan fingerprint density at radius 2 is 0.873 bits per heavy atom. The molecular formula is C54H38O. The standard InChI is InChI=1S/C54H38O/c1-54(2)50-17-8-7-16-44(50)45-24-19-35(30-51(45)54)34-18-22-42-43-23-20-36(28-47(43)41-15-6-5-14-40(41)46(42)26-34)38-12-3-4-13-39(38)37-21-25-52-48(29-37)49-27-32-10-9-11-33(32)31-53(49)55-52/h3-8,12-31H,9-11H2,1-2H3. The molecule has 0 unspecified atom stereocenters. The van der Waals surface area contributed by atoms with Crippen molar-refractivity contribution in [2.75, 3.05) is 0 Å². The Morgan fingerprint density at radius 1 is 0.364 bits per heavy atom. The molecule has 0 bridgehead atoms. The van der Waals surface area contributed by atoms with Crippen molar-refractivity contribution in [3.63, 3.8) is 0 Å². The van der Waals surface area contributed by atoms with Crippen LogP contribution in [0.5, 0.6) is 0 Å². The summed E-state index contributed by atoms with van der Waals surface area (Å²) in [6.07, 6.45) is 3.55. The van der Waals surface area contributed by atoms with Crippen molar-refractivity contribution in [3.8, 4) is 44.5 Å². The predicted octanol–water partition coefficient (Wildman–Crippen LogP) is 14.8. The minimum absolute atomic E-state index is 0.0294. The average Bonchev–Trinajstić information content (AvgIpc) is 3.91. The molecule has 0 amide bonds. The molecule has 0 N–H and O–H groups in total. The van der Waals surface area contributed by atoms with Crippen molar-refractivity contribution in [1.29, 1.82) is 0 Å². The second-order valence-electron chi connectivity index (χ2n) is 16.3. The molecule has 0 saturated carbocycles. The highest BCUT2D eigenvalue weighted by Crippen LogP contribution is 2.50. The Labute approximate surface area is 320 Å². The molecule has 1 heterocycles. The third kappa shape index (κ3) is 4.47. The third-order valence-corrected chi connectivity index (χ3v) is 13.0. The van der Waals surface area contributed by atoms with Crippen LogP contribution in [-0.4, -0.2) is 0 Å². The summed E-state index contributed by atoms with van der Waals surface area (Å²) >= 11 is 0. The largest absolute Gasteiger partial charge is 0.456 e. The third-order valence-electron chi connectivity index (χ3n) is 13.0. The zero-order valence-corrected chi connectivity index (χ0v) is 31.0. The average molecular weight is 703 g/mol. The molecule has 260 valence electrons. The zero-order chi connectivity index (χ0) is 36.4. The van der Waals surface area contributed by atoms with Gasteiger partial charge >= 0.3 is 0 Å². The molecule has 0 radical (unpaired) electrons. The summed E-state index contributed by atoms with van der Waals surface area (Å²) in [6.45, 7) is 4.72. The molecule has 1 aromatic heterocycles. The summed E-state index contributed by atoms with van der Waals surface area (Å²) in [5.41, 5.74) is 17.8. The van der Waals surface area contributed by atoms with Crippen molar-refractivity contribution >= 4 is 54.3 Å². The van der Waals surface area contributed by atoms with Gasteiger partial charge in [-0.05, 0) is 161 Å². The number of hydrogen-bond donors (Lipinski definition) is 0. The van der Waals surface area contributed by atoms with Gasteiger partial charge in [0.25, 0.3) is 0 Å². The lowest BCUT2D eigenvalue weighted by molar-refractivity contribution is 0.660. The number of fused-ring (bicyclic) bond motifs is 13. The molecule has 0 saturated heterocycles. The molecule has 0 fully saturated rings. The van der Waals surface area contributed by atoms with Crippen LogP contribution in [0.2, 0.25) is 0 Å². The second kappa shape index (κ2) is 11.3. The molecule has 10 aromatic rings. The van der Waals surface area contributed by atoms with Gasteiger partial charge in [0.1, 0.15) is 11.2 Å². The highest BCUT2D eigenvalue weighted by Gasteiger charge is 2.35. The van der Waals surface area contributed by atoms with Gasteiger partial charge in [0.2, 0.25) is 0 Å². The summed E-state index contributed by atoms with van der Waals surface area (Å²) in [5, 5.41) is 10.1. The first kappa shape index (κ1) is 31.0. The normalized spacial score (nSPS) is 14.3. The van der Waals surface area contributed by atoms with Crippen molar-refractivity contribution in [2.24, 2.45) is 0 Å². The fourth-order valence-electron chi connectivity index (χ4n) is 10.2. The Hall–Kier alpha value is -6.44. The Morgan fingerprint density at radius 3 is 1.62 bits per heavy atom. The van der Waals surface area contributed by atoms with E-state index in [9.17, 15) is 0 Å². The monoisotopic (exact) mass is 702 g/mol. The van der Waals surface area contributed by atoms with Gasteiger partial charge < -0.3 is 4.42 Å². The first-order valence-corrected chi connectivity index (χ1v) is 19.7. The van der Waals surface area contributed by atoms with Gasteiger partial charge in [0.15, 0.2) is 0 Å². The van der Waals surface area contributed by atoms with Gasteiger partial charge in [0.05, 0.1) is 0 Å². The summed E-state index contributed by atoms with van der Waals surface area (Å²) in [4.78, 5) is 0. The van der Waals surface area contributed by atoms with Crippen LogP contribution in [0.25, 0.3) is 98.8 Å². The second-order valence-corrected chi connectivity index (χ2v) is 16.3. The Balaban J connectivity index is 0.989. The van der Waals surface area contributed by atoms with Gasteiger partial charge in [-0.1, -0.05) is 129 Å². The molecule has 1 nitrogen and oxygen atoms in total. The molecule has 55 heavy (non-hydrogen) atoms. The number of furan rings is 1. The molecule has 2 aliphatic rings. The van der Waals surface area contributed by atoms with Gasteiger partial charge in [-0.2, -0.15) is 0 Å². The van der Waals surface area contributed by atoms with Crippen LogP contribution >= 0.6 is 0 Å². The lowest BCUT2D eigenvalue weighted by Crippen LogP contribution is -2.14. The molecule has 9 aromatic carbocycles. The van der Waals surface area contributed by atoms with E-state index in [1.165, 1.54) is 116 Å². The number of rotatable bonds is 3. The molecule has 0 spiro atoms. The first-order valence-electron chi connectivity index (χ1n) is 19.7. The van der Waals surface area contributed by atoms with Crippen molar-refractivity contribution in [2.45, 2.75) is 38.5 Å². The van der Waals surface area contributed by atoms with Crippen molar-refractivity contribution in [1.82, 2.24) is 0 Å². The van der Waals surface area contributed by atoms with E-state index >= 15 is 0 Å². The highest BCUT2D eigenvalue weighted by molar-refractivity contribution is 6.26. The topological polar surface area (TPSA) is 13.1 Å². The van der Waals surface area contributed by atoms with Crippen LogP contribution in [-0.2, 0) is 18.3 Å². The van der Waals surface area contributed by atoms with Crippen LogP contribution in [0.15, 0.2) is 162 Å². The van der Waals surface area contributed by atoms with Gasteiger partial charge in [-0.15, -0.1) is 0 Å². The fourth-order valence-corrected chi connectivity index (χ4v) is 10.2. The number of hydrogen-bond acceptors (Lipinski definition) is 1. The van der Waals surface area contributed by atoms with E-state index in [1.54, 1.807) is 0 Å². The maximum absolute atomic E-state index is 6.38. The van der Waals surface area contributed by atoms with Gasteiger partial charge in [-0.3, -0.25) is 0 Å². The van der Waals surface area contributed by atoms with E-state index in [0.29, 0.717) is 0 Å². The van der Waals surface area contributed by atoms with Crippen LogP contribution in [0, 0.1) is 0 Å². The van der Waals surface area contributed by atoms with Crippen LogP contribution < -0.4 is 0 Å². The zero-order valence-electron chi connectivity index (χ0n) is 31.0. The van der Waals surface area contributed by atoms with Gasteiger partial charge in [0, 0.05) is 16.2 Å². The molecule has 0 aliphatic heterocycles. The van der Waals surface area contributed by atoms with E-state index in [1.807, 2.05) is 0 Å². The molecule has 2 aliphatic carbocycles. The van der Waals surface area contributed by atoms with Crippen molar-refractivity contribution in [3.05, 3.63) is 180 Å². The van der Waals surface area contributed by atoms with E-state index < -0.39 is 0 Å². The summed E-state index contributed by atoms with van der Waals surface area (Å²) in [7, 11) is 0. The minimum atomic E-state index is -0.0294. The molecular weight excluding hydrogens is 665 g/mol. The van der Waals surface area contributed by atoms with Gasteiger partial charge in [-0.25, -0.2) is 0 Å². The lowest BCUT2D eigenvalue weighted by Gasteiger charge is -2.22. The predicted molar refractivity (Wildman–Crippen MR) is 232 cm³/mol. The van der Waals surface area contributed by atoms with E-state index in [0.717, 1.165) is 24.0 Å².